The minimum absolute atomic E-state index is 0. The zero-order valence-corrected chi connectivity index (χ0v) is 54.2. The fourth-order valence-corrected chi connectivity index (χ4v) is 6.92. The molecule has 0 saturated carbocycles. The van der Waals surface area contributed by atoms with Crippen LogP contribution in [0.3, 0.4) is 0 Å². The van der Waals surface area contributed by atoms with Gasteiger partial charge in [0, 0.05) is 105 Å². The first-order valence-corrected chi connectivity index (χ1v) is 26.0. The van der Waals surface area contributed by atoms with Crippen LogP contribution in [0.4, 0.5) is 0 Å². The minimum Gasteiger partial charge on any atom is -0.545 e. The predicted molar refractivity (Wildman–Crippen MR) is 327 cm³/mol. The van der Waals surface area contributed by atoms with E-state index in [0.29, 0.717) is 0 Å². The normalized spacial score (nSPS) is 8.76. The van der Waals surface area contributed by atoms with E-state index in [9.17, 15) is 29.4 Å². The summed E-state index contributed by atoms with van der Waals surface area (Å²) in [6, 6.07) is 56.9. The molecule has 0 amide bonds. The van der Waals surface area contributed by atoms with Crippen molar-refractivity contribution in [2.24, 2.45) is 0 Å². The van der Waals surface area contributed by atoms with E-state index in [2.05, 4.69) is 59.8 Å². The number of carbonyl (C=O) groups excluding carboxylic acids is 2. The Labute approximate surface area is 584 Å². The molecular weight excluding hydrogens is 1470 g/mol. The largest absolute Gasteiger partial charge is 2.00 e. The van der Waals surface area contributed by atoms with Crippen LogP contribution >= 0.6 is 0 Å². The number of aromatic carboxylic acids is 4. The van der Waals surface area contributed by atoms with E-state index in [4.69, 9.17) is 57.5 Å². The van der Waals surface area contributed by atoms with Crippen LogP contribution < -0.4 is 10.2 Å². The number of hydrogen-bond acceptors (Lipinski definition) is 22. The SMILES string of the molecule is O=C([O-])c1ccnc(-c2cc(C(=O)O)ccn2)c1.O=C([O-])c1ccnc(-c2cc(C(=O)O)ccn2)c1.[C-]#N.[C-]#N.[C-]#N.[C-]#N.[Ru+2].[Ru+].[Ru].c1ccc(-c2ccccn2)nc1.c1ccc(-c2ccccn2)nc1.c1ccc(-c2ccccn2)nc1.c1ccc(-c2ccccn2)nc1. The van der Waals surface area contributed by atoms with Gasteiger partial charge >= 0.3 is 50.9 Å². The molecule has 12 aromatic heterocycles. The van der Waals surface area contributed by atoms with E-state index in [0.717, 1.165) is 45.6 Å². The molecule has 95 heavy (non-hydrogen) atoms. The molecule has 27 heteroatoms. The van der Waals surface area contributed by atoms with E-state index in [1.165, 1.54) is 73.3 Å². The van der Waals surface area contributed by atoms with Crippen molar-refractivity contribution in [1.82, 2.24) is 59.8 Å². The van der Waals surface area contributed by atoms with Crippen LogP contribution in [-0.2, 0) is 58.4 Å². The molecule has 2 N–H and O–H groups in total. The summed E-state index contributed by atoms with van der Waals surface area (Å²) in [7, 11) is 0. The van der Waals surface area contributed by atoms with Crippen LogP contribution in [0.2, 0.25) is 0 Å². The topological polar surface area (TPSA) is 405 Å². The molecule has 12 heterocycles. The van der Waals surface area contributed by atoms with Crippen molar-refractivity contribution in [3.8, 4) is 68.3 Å². The minimum atomic E-state index is -1.33. The molecular formula is C68H46N16O8Ru3-3. The number of pyridine rings is 12. The van der Waals surface area contributed by atoms with Gasteiger partial charge in [-0.05, 0) is 146 Å². The first-order valence-electron chi connectivity index (χ1n) is 26.0. The van der Waals surface area contributed by atoms with Crippen molar-refractivity contribution in [3.63, 3.8) is 0 Å². The van der Waals surface area contributed by atoms with Gasteiger partial charge in [-0.1, -0.05) is 48.5 Å². The van der Waals surface area contributed by atoms with Crippen molar-refractivity contribution in [1.29, 1.82) is 21.0 Å². The molecule has 0 aliphatic rings. The fraction of sp³-hybridized carbons (Fsp3) is 0. The van der Waals surface area contributed by atoms with Crippen LogP contribution in [0.15, 0.2) is 268 Å². The fourth-order valence-electron chi connectivity index (χ4n) is 6.92. The summed E-state index contributed by atoms with van der Waals surface area (Å²) in [6.45, 7) is 19.0. The van der Waals surface area contributed by atoms with Gasteiger partial charge in [0.1, 0.15) is 0 Å². The Balaban J connectivity index is 0.00000109. The average Bonchev–Trinajstić information content (AvgIpc) is 1.30. The zero-order valence-electron chi connectivity index (χ0n) is 49.0. The van der Waals surface area contributed by atoms with Crippen LogP contribution in [-0.4, -0.2) is 93.9 Å². The summed E-state index contributed by atoms with van der Waals surface area (Å²) in [5.74, 6) is -4.83. The van der Waals surface area contributed by atoms with E-state index < -0.39 is 23.9 Å². The van der Waals surface area contributed by atoms with Gasteiger partial charge in [0.05, 0.1) is 91.4 Å². The van der Waals surface area contributed by atoms with Gasteiger partial charge in [0.15, 0.2) is 0 Å². The first kappa shape index (κ1) is 82.5. The number of carbonyl (C=O) groups is 4. The van der Waals surface area contributed by atoms with E-state index in [1.54, 1.807) is 49.6 Å². The monoisotopic (exact) mass is 1520 g/mol. The second kappa shape index (κ2) is 49.3. The number of aromatic nitrogens is 12. The average molecular weight is 1520 g/mol. The van der Waals surface area contributed by atoms with Crippen LogP contribution in [0, 0.1) is 47.3 Å². The molecule has 0 aliphatic carbocycles. The van der Waals surface area contributed by atoms with Gasteiger partial charge in [-0.3, -0.25) is 59.8 Å². The van der Waals surface area contributed by atoms with Crippen molar-refractivity contribution in [2.75, 3.05) is 0 Å². The molecule has 0 atom stereocenters. The van der Waals surface area contributed by atoms with Crippen LogP contribution in [0.1, 0.15) is 41.4 Å². The smallest absolute Gasteiger partial charge is 0.545 e. The molecule has 12 rings (SSSR count). The summed E-state index contributed by atoms with van der Waals surface area (Å²) < 4.78 is 0. The Kier molecular flexibility index (Phi) is 42.8. The van der Waals surface area contributed by atoms with Gasteiger partial charge in [-0.25, -0.2) is 9.59 Å². The molecule has 0 fully saturated rings. The van der Waals surface area contributed by atoms with Crippen molar-refractivity contribution >= 4 is 23.9 Å². The number of carboxylic acid groups (broad SMARTS) is 4. The van der Waals surface area contributed by atoms with Gasteiger partial charge in [0.2, 0.25) is 0 Å². The quantitative estimate of drug-likeness (QED) is 0.0950. The molecule has 473 valence electrons. The summed E-state index contributed by atoms with van der Waals surface area (Å²) in [6.07, 6.45) is 19.4. The molecule has 0 aliphatic heterocycles. The summed E-state index contributed by atoms with van der Waals surface area (Å²) in [5, 5.41) is 64.1. The first-order chi connectivity index (χ1) is 45.0. The van der Waals surface area contributed by atoms with E-state index in [1.807, 2.05) is 146 Å². The van der Waals surface area contributed by atoms with Crippen LogP contribution in [0.25, 0.3) is 68.3 Å². The Morgan fingerprint density at radius 2 is 0.411 bits per heavy atom. The maximum atomic E-state index is 10.8. The number of rotatable bonds is 10. The maximum absolute atomic E-state index is 10.8. The molecule has 0 saturated heterocycles. The van der Waals surface area contributed by atoms with Gasteiger partial charge < -0.3 is 77.4 Å². The predicted octanol–water partition coefficient (Wildman–Crippen LogP) is 9.36. The van der Waals surface area contributed by atoms with Crippen molar-refractivity contribution in [3.05, 3.63) is 317 Å². The third kappa shape index (κ3) is 29.8. The molecule has 0 spiro atoms. The molecule has 0 aromatic carbocycles. The second-order valence-corrected chi connectivity index (χ2v) is 16.6. The maximum Gasteiger partial charge on any atom is 2.00 e. The summed E-state index contributed by atoms with van der Waals surface area (Å²) >= 11 is 0. The van der Waals surface area contributed by atoms with Crippen LogP contribution in [0.5, 0.6) is 0 Å². The van der Waals surface area contributed by atoms with Gasteiger partial charge in [0.25, 0.3) is 0 Å². The summed E-state index contributed by atoms with van der Waals surface area (Å²) in [5.41, 5.74) is 8.49. The van der Waals surface area contributed by atoms with E-state index >= 15 is 0 Å². The Hall–Kier alpha value is -12.5. The third-order valence-electron chi connectivity index (χ3n) is 10.9. The van der Waals surface area contributed by atoms with Crippen molar-refractivity contribution < 1.29 is 98.0 Å². The Morgan fingerprint density at radius 3 is 0.547 bits per heavy atom. The molecule has 0 bridgehead atoms. The van der Waals surface area contributed by atoms with Gasteiger partial charge in [-0.15, -0.1) is 0 Å². The molecule has 1 radical (unpaired) electrons. The number of nitrogens with zero attached hydrogens (tertiary/aromatic N) is 16. The summed E-state index contributed by atoms with van der Waals surface area (Å²) in [4.78, 5) is 92.3. The Bertz CT molecular complexity index is 3510. The second-order valence-electron chi connectivity index (χ2n) is 16.6. The standard InChI is InChI=1S/2C12H8N2O4.4C10H8N2.4CN.3Ru/c2*15-11(16)7-1-3-13-9(5-7)10-6-8(12(17)18)2-4-14-10;4*1-3-7-11-9(5-1)10-6-2-4-8-12-10;4*1-2;;;/h2*1-6H,(H,15,16)(H,17,18);4*1-8H;;;;;;;/q;;;;;;4*-1;;+1;+2/p-2. The Morgan fingerprint density at radius 1 is 0.263 bits per heavy atom. The van der Waals surface area contributed by atoms with E-state index in [-0.39, 0.29) is 103 Å². The third-order valence-corrected chi connectivity index (χ3v) is 10.9. The number of carboxylic acids is 4. The number of hydrogen-bond donors (Lipinski definition) is 2. The zero-order chi connectivity index (χ0) is 67.1. The molecule has 24 nitrogen and oxygen atoms in total. The molecule has 0 unspecified atom stereocenters. The van der Waals surface area contributed by atoms with Gasteiger partial charge in [-0.2, -0.15) is 0 Å². The molecule has 12 aromatic rings. The van der Waals surface area contributed by atoms with Crippen molar-refractivity contribution in [2.45, 2.75) is 0 Å².